The summed E-state index contributed by atoms with van der Waals surface area (Å²) in [6, 6.07) is 9.26. The molecule has 2 aromatic heterocycles. The van der Waals surface area contributed by atoms with E-state index in [2.05, 4.69) is 15.2 Å². The number of aromatic nitrogens is 4. The Morgan fingerprint density at radius 3 is 2.41 bits per heavy atom. The number of aliphatic hydroxyl groups is 1. The number of benzene rings is 1. The van der Waals surface area contributed by atoms with Crippen molar-refractivity contribution in [3.05, 3.63) is 66.1 Å². The Morgan fingerprint density at radius 1 is 1.10 bits per heavy atom. The van der Waals surface area contributed by atoms with E-state index in [-0.39, 0.29) is 43.2 Å². The zero-order chi connectivity index (χ0) is 29.8. The molecule has 1 aliphatic rings. The Labute approximate surface area is 237 Å². The third-order valence-electron chi connectivity index (χ3n) is 6.98. The van der Waals surface area contributed by atoms with Gasteiger partial charge in [-0.05, 0) is 64.3 Å². The van der Waals surface area contributed by atoms with Gasteiger partial charge in [0.1, 0.15) is 6.10 Å². The van der Waals surface area contributed by atoms with Crippen LogP contribution in [0.4, 0.5) is 8.78 Å². The van der Waals surface area contributed by atoms with Crippen LogP contribution in [0.25, 0.3) is 5.69 Å². The Balaban J connectivity index is 1.55. The number of amides is 1. The van der Waals surface area contributed by atoms with E-state index in [4.69, 9.17) is 13.8 Å². The quantitative estimate of drug-likeness (QED) is 0.312. The van der Waals surface area contributed by atoms with Crippen LogP contribution in [0, 0.1) is 0 Å². The second kappa shape index (κ2) is 12.3. The van der Waals surface area contributed by atoms with E-state index in [0.29, 0.717) is 24.1 Å². The summed E-state index contributed by atoms with van der Waals surface area (Å²) in [5, 5.41) is 19.3. The van der Waals surface area contributed by atoms with Gasteiger partial charge in [0.15, 0.2) is 5.60 Å². The van der Waals surface area contributed by atoms with E-state index in [1.807, 2.05) is 6.92 Å². The lowest BCUT2D eigenvalue weighted by Gasteiger charge is -2.38. The molecule has 0 spiro atoms. The van der Waals surface area contributed by atoms with E-state index >= 15 is 8.78 Å². The highest BCUT2D eigenvalue weighted by molar-refractivity contribution is 7.55. The number of halogens is 2. The summed E-state index contributed by atoms with van der Waals surface area (Å²) >= 11 is 0. The number of para-hydroxylation sites is 1. The lowest BCUT2D eigenvalue weighted by atomic mass is 9.97. The molecule has 1 amide bonds. The summed E-state index contributed by atoms with van der Waals surface area (Å²) in [5.74, 6) is -0.264. The molecule has 3 heterocycles. The maximum Gasteiger partial charge on any atom is 0.403 e. The molecule has 0 radical (unpaired) electrons. The van der Waals surface area contributed by atoms with Crippen molar-refractivity contribution in [3.63, 3.8) is 0 Å². The fourth-order valence-electron chi connectivity index (χ4n) is 4.70. The van der Waals surface area contributed by atoms with Crippen molar-refractivity contribution in [2.45, 2.75) is 63.9 Å². The van der Waals surface area contributed by atoms with Gasteiger partial charge >= 0.3 is 13.3 Å². The standard InChI is InChI=1S/C27H34F2N5O6P/c1-5-38-41(37,39-6-2)27(28,29)26(4,36)20-13-14-30-24(17-20)40-21-12-11-19(3)33(18-21)25(35)22-9-7-8-10-23(22)34-31-15-16-32-34/h7-10,13-17,19,21,36H,5-6,11-12,18H2,1-4H3/t19-,21-,26?/m1/s1. The van der Waals surface area contributed by atoms with Gasteiger partial charge in [-0.25, -0.2) is 4.98 Å². The molecule has 1 N–H and O–H groups in total. The largest absolute Gasteiger partial charge is 0.472 e. The Hall–Kier alpha value is -3.25. The first kappa shape index (κ1) is 30.7. The maximum atomic E-state index is 15.5. The van der Waals surface area contributed by atoms with E-state index in [9.17, 15) is 14.5 Å². The van der Waals surface area contributed by atoms with Crippen molar-refractivity contribution in [3.8, 4) is 11.6 Å². The van der Waals surface area contributed by atoms with Gasteiger partial charge < -0.3 is 23.8 Å². The third-order valence-corrected chi connectivity index (χ3v) is 9.30. The topological polar surface area (TPSA) is 129 Å². The highest BCUT2D eigenvalue weighted by atomic mass is 31.2. The van der Waals surface area contributed by atoms with E-state index in [1.165, 1.54) is 49.4 Å². The van der Waals surface area contributed by atoms with Crippen molar-refractivity contribution in [1.29, 1.82) is 0 Å². The van der Waals surface area contributed by atoms with Crippen LogP contribution in [0.3, 0.4) is 0 Å². The molecule has 3 aromatic rings. The fraction of sp³-hybridized carbons (Fsp3) is 0.481. The van der Waals surface area contributed by atoms with Crippen molar-refractivity contribution in [2.24, 2.45) is 0 Å². The number of piperidine rings is 1. The minimum atomic E-state index is -5.04. The number of likely N-dealkylation sites (tertiary alicyclic amines) is 1. The van der Waals surface area contributed by atoms with Crippen LogP contribution in [0.5, 0.6) is 5.88 Å². The zero-order valence-electron chi connectivity index (χ0n) is 23.3. The first-order valence-electron chi connectivity index (χ1n) is 13.3. The zero-order valence-corrected chi connectivity index (χ0v) is 24.2. The smallest absolute Gasteiger partial charge is 0.403 e. The summed E-state index contributed by atoms with van der Waals surface area (Å²) in [6.45, 7) is 5.20. The van der Waals surface area contributed by atoms with Crippen LogP contribution < -0.4 is 4.74 Å². The summed E-state index contributed by atoms with van der Waals surface area (Å²) in [4.78, 5) is 20.8. The van der Waals surface area contributed by atoms with E-state index in [0.717, 1.165) is 6.92 Å². The third kappa shape index (κ3) is 6.04. The van der Waals surface area contributed by atoms with Gasteiger partial charge in [-0.2, -0.15) is 23.8 Å². The van der Waals surface area contributed by atoms with Crippen LogP contribution in [-0.4, -0.2) is 73.5 Å². The number of carbonyl (C=O) groups is 1. The monoisotopic (exact) mass is 593 g/mol. The van der Waals surface area contributed by atoms with Crippen molar-refractivity contribution >= 4 is 13.5 Å². The highest BCUT2D eigenvalue weighted by Gasteiger charge is 2.65. The fourth-order valence-corrected chi connectivity index (χ4v) is 6.44. The lowest BCUT2D eigenvalue weighted by molar-refractivity contribution is -0.137. The van der Waals surface area contributed by atoms with Gasteiger partial charge in [-0.3, -0.25) is 9.36 Å². The minimum absolute atomic E-state index is 0.0330. The van der Waals surface area contributed by atoms with Crippen LogP contribution in [0.15, 0.2) is 55.0 Å². The molecule has 41 heavy (non-hydrogen) atoms. The van der Waals surface area contributed by atoms with Gasteiger partial charge in [-0.15, -0.1) is 0 Å². The average Bonchev–Trinajstić information content (AvgIpc) is 3.49. The minimum Gasteiger partial charge on any atom is -0.472 e. The number of hydrogen-bond donors (Lipinski definition) is 1. The Kier molecular flexibility index (Phi) is 9.22. The maximum absolute atomic E-state index is 15.5. The van der Waals surface area contributed by atoms with Crippen molar-refractivity contribution in [1.82, 2.24) is 24.9 Å². The summed E-state index contributed by atoms with van der Waals surface area (Å²) in [7, 11) is -5.04. The molecule has 0 bridgehead atoms. The van der Waals surface area contributed by atoms with Crippen LogP contribution >= 0.6 is 7.60 Å². The number of ether oxygens (including phenoxy) is 1. The molecule has 11 nitrogen and oxygen atoms in total. The predicted molar refractivity (Wildman–Crippen MR) is 145 cm³/mol. The number of carbonyl (C=O) groups excluding carboxylic acids is 1. The number of hydrogen-bond acceptors (Lipinski definition) is 9. The predicted octanol–water partition coefficient (Wildman–Crippen LogP) is 4.80. The van der Waals surface area contributed by atoms with Gasteiger partial charge in [0.05, 0.1) is 43.4 Å². The van der Waals surface area contributed by atoms with Gasteiger partial charge in [-0.1, -0.05) is 12.1 Å². The molecule has 3 atom stereocenters. The SMILES string of the molecule is CCOP(=O)(OCC)C(F)(F)C(C)(O)c1ccnc(O[C@@H]2CC[C@@H](C)N(C(=O)c3ccccc3-n3nccn3)C2)c1. The highest BCUT2D eigenvalue weighted by Crippen LogP contribution is 2.67. The number of rotatable bonds is 11. The van der Waals surface area contributed by atoms with Crippen LogP contribution in [0.1, 0.15) is 56.5 Å². The number of pyridine rings is 1. The normalized spacial score (nSPS) is 19.5. The number of nitrogens with zero attached hydrogens (tertiary/aromatic N) is 5. The Morgan fingerprint density at radius 2 is 1.76 bits per heavy atom. The lowest BCUT2D eigenvalue weighted by Crippen LogP contribution is -2.49. The molecule has 1 saturated heterocycles. The average molecular weight is 594 g/mol. The second-order valence-electron chi connectivity index (χ2n) is 9.79. The summed E-state index contributed by atoms with van der Waals surface area (Å²) in [5.41, 5.74) is -6.56. The molecule has 4 rings (SSSR count). The first-order valence-corrected chi connectivity index (χ1v) is 14.9. The molecule has 1 aromatic carbocycles. The summed E-state index contributed by atoms with van der Waals surface area (Å²) in [6.07, 6.45) is 4.96. The summed E-state index contributed by atoms with van der Waals surface area (Å²) < 4.78 is 59.7. The Bertz CT molecular complexity index is 1380. The molecule has 14 heteroatoms. The second-order valence-corrected chi connectivity index (χ2v) is 11.9. The van der Waals surface area contributed by atoms with Crippen molar-refractivity contribution < 1.29 is 37.0 Å². The van der Waals surface area contributed by atoms with Crippen LogP contribution in [0.2, 0.25) is 0 Å². The van der Waals surface area contributed by atoms with Gasteiger partial charge in [0, 0.05) is 18.3 Å². The molecule has 1 aliphatic heterocycles. The molecular weight excluding hydrogens is 559 g/mol. The number of alkyl halides is 2. The molecule has 1 unspecified atom stereocenters. The molecule has 0 saturated carbocycles. The van der Waals surface area contributed by atoms with Crippen LogP contribution in [-0.2, 0) is 19.2 Å². The van der Waals surface area contributed by atoms with Gasteiger partial charge in [0.25, 0.3) is 5.91 Å². The van der Waals surface area contributed by atoms with E-state index in [1.54, 1.807) is 29.2 Å². The molecular formula is C27H34F2N5O6P. The molecule has 0 aliphatic carbocycles. The molecule has 1 fully saturated rings. The van der Waals surface area contributed by atoms with E-state index < -0.39 is 25.0 Å². The van der Waals surface area contributed by atoms with Crippen molar-refractivity contribution in [2.75, 3.05) is 19.8 Å². The molecule has 222 valence electrons. The first-order chi connectivity index (χ1) is 19.4. The van der Waals surface area contributed by atoms with Gasteiger partial charge in [0.2, 0.25) is 5.88 Å².